The van der Waals surface area contributed by atoms with Crippen LogP contribution in [0.3, 0.4) is 0 Å². The van der Waals surface area contributed by atoms with E-state index in [9.17, 15) is 9.59 Å². The van der Waals surface area contributed by atoms with Gasteiger partial charge < -0.3 is 10.2 Å². The first-order valence-corrected chi connectivity index (χ1v) is 7.51. The molecule has 0 unspecified atom stereocenters. The van der Waals surface area contributed by atoms with Gasteiger partial charge in [0.2, 0.25) is 5.91 Å². The number of benzene rings is 1. The van der Waals surface area contributed by atoms with Gasteiger partial charge in [-0.2, -0.15) is 5.10 Å². The summed E-state index contributed by atoms with van der Waals surface area (Å²) in [6.45, 7) is 3.45. The lowest BCUT2D eigenvalue weighted by atomic mass is 10.2. The smallest absolute Gasteiger partial charge is 0.255 e. The predicted molar refractivity (Wildman–Crippen MR) is 93.9 cm³/mol. The molecule has 0 atom stereocenters. The maximum atomic E-state index is 12.2. The summed E-state index contributed by atoms with van der Waals surface area (Å²) in [5.41, 5.74) is 1.86. The predicted octanol–water partition coefficient (Wildman–Crippen LogP) is 2.43. The minimum Gasteiger partial charge on any atom is -0.318 e. The van der Waals surface area contributed by atoms with E-state index in [0.717, 1.165) is 3.70 Å². The molecule has 0 aliphatic carbocycles. The molecule has 0 bridgehead atoms. The number of amides is 2. The van der Waals surface area contributed by atoms with Gasteiger partial charge >= 0.3 is 0 Å². The van der Waals surface area contributed by atoms with Gasteiger partial charge in [-0.1, -0.05) is 6.58 Å². The molecule has 1 heterocycles. The Morgan fingerprint density at radius 1 is 1.36 bits per heavy atom. The van der Waals surface area contributed by atoms with Crippen LogP contribution in [0.4, 0.5) is 11.4 Å². The fourth-order valence-electron chi connectivity index (χ4n) is 1.80. The van der Waals surface area contributed by atoms with Crippen LogP contribution in [-0.2, 0) is 11.8 Å². The number of anilines is 2. The summed E-state index contributed by atoms with van der Waals surface area (Å²) in [5.74, 6) is -0.433. The van der Waals surface area contributed by atoms with Crippen LogP contribution < -0.4 is 10.2 Å². The van der Waals surface area contributed by atoms with Gasteiger partial charge in [0.15, 0.2) is 0 Å². The Hall–Kier alpha value is -2.16. The number of aromatic nitrogens is 2. The Bertz CT molecular complexity index is 722. The van der Waals surface area contributed by atoms with Crippen molar-refractivity contribution in [2.45, 2.75) is 0 Å². The van der Waals surface area contributed by atoms with Crippen molar-refractivity contribution < 1.29 is 9.59 Å². The molecular weight excluding hydrogens is 395 g/mol. The third-order valence-electron chi connectivity index (χ3n) is 3.14. The molecule has 22 heavy (non-hydrogen) atoms. The largest absolute Gasteiger partial charge is 0.318 e. The zero-order valence-electron chi connectivity index (χ0n) is 12.2. The summed E-state index contributed by atoms with van der Waals surface area (Å²) in [6.07, 6.45) is 2.84. The van der Waals surface area contributed by atoms with Crippen LogP contribution in [-0.4, -0.2) is 28.6 Å². The van der Waals surface area contributed by atoms with Gasteiger partial charge in [0.05, 0.1) is 11.9 Å². The van der Waals surface area contributed by atoms with Crippen molar-refractivity contribution in [3.8, 4) is 0 Å². The van der Waals surface area contributed by atoms with Crippen LogP contribution in [0.15, 0.2) is 43.1 Å². The van der Waals surface area contributed by atoms with E-state index >= 15 is 0 Å². The number of halogens is 1. The number of likely N-dealkylation sites (N-methyl/N-ethyl adjacent to an activating group) is 1. The summed E-state index contributed by atoms with van der Waals surface area (Å²) in [7, 11) is 3.45. The number of nitrogens with one attached hydrogen (secondary N) is 1. The average molecular weight is 410 g/mol. The molecule has 0 aliphatic heterocycles. The lowest BCUT2D eigenvalue weighted by Crippen LogP contribution is -2.23. The second-order valence-electron chi connectivity index (χ2n) is 4.58. The fraction of sp³-hybridized carbons (Fsp3) is 0.133. The molecule has 2 rings (SSSR count). The highest BCUT2D eigenvalue weighted by Crippen LogP contribution is 2.19. The Labute approximate surface area is 141 Å². The van der Waals surface area contributed by atoms with Crippen molar-refractivity contribution >= 4 is 45.8 Å². The van der Waals surface area contributed by atoms with Crippen molar-refractivity contribution in [3.05, 3.63) is 52.4 Å². The average Bonchev–Trinajstić information content (AvgIpc) is 2.85. The second-order valence-corrected chi connectivity index (χ2v) is 5.60. The highest BCUT2D eigenvalue weighted by molar-refractivity contribution is 14.1. The minimum absolute atomic E-state index is 0.206. The Morgan fingerprint density at radius 2 is 2.00 bits per heavy atom. The van der Waals surface area contributed by atoms with Gasteiger partial charge in [-0.15, -0.1) is 0 Å². The van der Waals surface area contributed by atoms with Crippen molar-refractivity contribution in [1.82, 2.24) is 9.78 Å². The van der Waals surface area contributed by atoms with Crippen LogP contribution in [0.25, 0.3) is 0 Å². The summed E-state index contributed by atoms with van der Waals surface area (Å²) < 4.78 is 2.52. The molecular formula is C15H15IN4O2. The number of hydrogen-bond donors (Lipinski definition) is 1. The first-order valence-electron chi connectivity index (χ1n) is 6.43. The quantitative estimate of drug-likeness (QED) is 0.622. The summed E-state index contributed by atoms with van der Waals surface area (Å²) >= 11 is 2.11. The van der Waals surface area contributed by atoms with E-state index < -0.39 is 0 Å². The molecule has 114 valence electrons. The fourth-order valence-corrected chi connectivity index (χ4v) is 2.20. The van der Waals surface area contributed by atoms with E-state index in [0.29, 0.717) is 16.9 Å². The SMILES string of the molecule is C=CC(=O)N(C)c1ccc(C(=O)Nc2cnn(C)c2I)cc1. The molecule has 7 heteroatoms. The van der Waals surface area contributed by atoms with Crippen LogP contribution in [0.2, 0.25) is 0 Å². The summed E-state index contributed by atoms with van der Waals surface area (Å²) in [5, 5.41) is 6.87. The highest BCUT2D eigenvalue weighted by atomic mass is 127. The first-order chi connectivity index (χ1) is 10.4. The minimum atomic E-state index is -0.227. The highest BCUT2D eigenvalue weighted by Gasteiger charge is 2.12. The van der Waals surface area contributed by atoms with Crippen molar-refractivity contribution in [1.29, 1.82) is 0 Å². The van der Waals surface area contributed by atoms with E-state index in [1.165, 1.54) is 11.0 Å². The summed E-state index contributed by atoms with van der Waals surface area (Å²) in [6, 6.07) is 6.76. The normalized spacial score (nSPS) is 10.1. The Morgan fingerprint density at radius 3 is 2.50 bits per heavy atom. The monoisotopic (exact) mass is 410 g/mol. The molecule has 1 aromatic carbocycles. The van der Waals surface area contributed by atoms with Gasteiger partial charge in [-0.3, -0.25) is 14.3 Å². The molecule has 0 saturated heterocycles. The van der Waals surface area contributed by atoms with Crippen molar-refractivity contribution in [2.24, 2.45) is 7.05 Å². The topological polar surface area (TPSA) is 67.2 Å². The number of carbonyl (C=O) groups excluding carboxylic acids is 2. The van der Waals surface area contributed by atoms with Crippen LogP contribution in [0.1, 0.15) is 10.4 Å². The molecule has 2 aromatic rings. The molecule has 0 spiro atoms. The second kappa shape index (κ2) is 6.73. The molecule has 6 nitrogen and oxygen atoms in total. The molecule has 0 saturated carbocycles. The lowest BCUT2D eigenvalue weighted by molar-refractivity contribution is -0.113. The summed E-state index contributed by atoms with van der Waals surface area (Å²) in [4.78, 5) is 25.2. The molecule has 0 fully saturated rings. The number of hydrogen-bond acceptors (Lipinski definition) is 3. The number of nitrogens with zero attached hydrogens (tertiary/aromatic N) is 3. The van der Waals surface area contributed by atoms with E-state index in [2.05, 4.69) is 39.6 Å². The zero-order chi connectivity index (χ0) is 16.3. The van der Waals surface area contributed by atoms with E-state index in [1.54, 1.807) is 49.2 Å². The van der Waals surface area contributed by atoms with Crippen molar-refractivity contribution in [3.63, 3.8) is 0 Å². The van der Waals surface area contributed by atoms with Crippen LogP contribution >= 0.6 is 22.6 Å². The zero-order valence-corrected chi connectivity index (χ0v) is 14.4. The van der Waals surface area contributed by atoms with Crippen molar-refractivity contribution in [2.75, 3.05) is 17.3 Å². The van der Waals surface area contributed by atoms with E-state index in [4.69, 9.17) is 0 Å². The Balaban J connectivity index is 2.13. The standard InChI is InChI=1S/C15H15IN4O2/c1-4-13(21)19(2)11-7-5-10(6-8-11)15(22)18-12-9-17-20(3)14(12)16/h4-9H,1H2,2-3H3,(H,18,22). The third kappa shape index (κ3) is 3.35. The maximum Gasteiger partial charge on any atom is 0.255 e. The molecule has 0 radical (unpaired) electrons. The van der Waals surface area contributed by atoms with E-state index in [-0.39, 0.29) is 11.8 Å². The van der Waals surface area contributed by atoms with Gasteiger partial charge in [0.1, 0.15) is 3.70 Å². The van der Waals surface area contributed by atoms with Crippen LogP contribution in [0.5, 0.6) is 0 Å². The van der Waals surface area contributed by atoms with Gasteiger partial charge in [0, 0.05) is 25.3 Å². The number of rotatable bonds is 4. The van der Waals surface area contributed by atoms with Gasteiger partial charge in [0.25, 0.3) is 5.91 Å². The molecule has 2 amide bonds. The van der Waals surface area contributed by atoms with Crippen LogP contribution in [0, 0.1) is 3.70 Å². The first kappa shape index (κ1) is 16.2. The van der Waals surface area contributed by atoms with Gasteiger partial charge in [-0.05, 0) is 52.9 Å². The molecule has 1 N–H and O–H groups in total. The lowest BCUT2D eigenvalue weighted by Gasteiger charge is -2.15. The third-order valence-corrected chi connectivity index (χ3v) is 4.42. The number of carbonyl (C=O) groups is 2. The maximum absolute atomic E-state index is 12.2. The van der Waals surface area contributed by atoms with E-state index in [1.807, 2.05) is 0 Å². The number of aryl methyl sites for hydroxylation is 1. The van der Waals surface area contributed by atoms with Gasteiger partial charge in [-0.25, -0.2) is 0 Å². The molecule has 1 aromatic heterocycles. The Kier molecular flexibility index (Phi) is 4.96. The molecule has 0 aliphatic rings.